The van der Waals surface area contributed by atoms with Gasteiger partial charge in [0.1, 0.15) is 18.0 Å². The van der Waals surface area contributed by atoms with Crippen molar-refractivity contribution in [2.24, 2.45) is 0 Å². The van der Waals surface area contributed by atoms with E-state index in [0.717, 1.165) is 11.1 Å². The second-order valence-corrected chi connectivity index (χ2v) is 9.31. The average molecular weight is 451 g/mol. The number of hydrogen-bond acceptors (Lipinski definition) is 3. The van der Waals surface area contributed by atoms with Gasteiger partial charge in [-0.2, -0.15) is 0 Å². The summed E-state index contributed by atoms with van der Waals surface area (Å²) in [5.74, 6) is -0.153. The monoisotopic (exact) mass is 450 g/mol. The van der Waals surface area contributed by atoms with Crippen molar-refractivity contribution in [1.29, 1.82) is 0 Å². The molecule has 0 bridgehead atoms. The van der Waals surface area contributed by atoms with Crippen LogP contribution in [-0.4, -0.2) is 0 Å². The average Bonchev–Trinajstić information content (AvgIpc) is 2.74. The predicted molar refractivity (Wildman–Crippen MR) is 127 cm³/mol. The van der Waals surface area contributed by atoms with Gasteiger partial charge >= 0.3 is 0 Å². The molecule has 4 aromatic rings. The van der Waals surface area contributed by atoms with E-state index in [1.54, 1.807) is 12.1 Å². The van der Waals surface area contributed by atoms with Crippen LogP contribution in [0.2, 0.25) is 5.02 Å². The van der Waals surface area contributed by atoms with Gasteiger partial charge in [-0.05, 0) is 47.7 Å². The molecule has 0 fully saturated rings. The Bertz CT molecular complexity index is 1330. The Kier molecular flexibility index (Phi) is 5.83. The first-order valence-corrected chi connectivity index (χ1v) is 10.8. The van der Waals surface area contributed by atoms with Crippen molar-refractivity contribution in [2.45, 2.75) is 39.7 Å². The minimum Gasteiger partial charge on any atom is -0.481 e. The first-order chi connectivity index (χ1) is 15.1. The molecule has 0 aliphatic rings. The van der Waals surface area contributed by atoms with Crippen molar-refractivity contribution in [1.82, 2.24) is 0 Å². The molecule has 0 saturated carbocycles. The van der Waals surface area contributed by atoms with Crippen LogP contribution in [0.4, 0.5) is 4.39 Å². The van der Waals surface area contributed by atoms with Crippen LogP contribution in [0, 0.1) is 12.7 Å². The fraction of sp³-hybridized carbons (Fsp3) is 0.222. The third kappa shape index (κ3) is 4.28. The molecule has 0 saturated heterocycles. The summed E-state index contributed by atoms with van der Waals surface area (Å²) in [7, 11) is 0. The molecule has 3 nitrogen and oxygen atoms in total. The molecule has 0 spiro atoms. The van der Waals surface area contributed by atoms with Gasteiger partial charge in [-0.3, -0.25) is 4.79 Å². The van der Waals surface area contributed by atoms with E-state index in [2.05, 4.69) is 20.8 Å². The van der Waals surface area contributed by atoms with E-state index in [1.807, 2.05) is 43.3 Å². The van der Waals surface area contributed by atoms with E-state index in [-0.39, 0.29) is 33.8 Å². The standard InChI is InChI=1S/C27H24ClFO3/c1-16-8-13-19-23(14-16)32-25(17-9-11-18(12-10-17)27(2,3)4)26(24(19)30)31-15-20-21(28)6-5-7-22(20)29/h5-14H,15H2,1-4H3. The lowest BCUT2D eigenvalue weighted by atomic mass is 9.86. The molecule has 0 atom stereocenters. The van der Waals surface area contributed by atoms with Gasteiger partial charge in [0.25, 0.3) is 0 Å². The van der Waals surface area contributed by atoms with Crippen LogP contribution in [0.15, 0.2) is 69.9 Å². The summed E-state index contributed by atoms with van der Waals surface area (Å²) >= 11 is 6.14. The molecule has 0 radical (unpaired) electrons. The Morgan fingerprint density at radius 2 is 1.75 bits per heavy atom. The van der Waals surface area contributed by atoms with Gasteiger partial charge in [0.05, 0.1) is 10.4 Å². The molecule has 0 amide bonds. The molecule has 164 valence electrons. The first-order valence-electron chi connectivity index (χ1n) is 10.4. The van der Waals surface area contributed by atoms with Crippen molar-refractivity contribution in [3.8, 4) is 17.1 Å². The Morgan fingerprint density at radius 3 is 2.41 bits per heavy atom. The summed E-state index contributed by atoms with van der Waals surface area (Å²) in [6, 6.07) is 17.6. The quantitative estimate of drug-likeness (QED) is 0.324. The fourth-order valence-corrected chi connectivity index (χ4v) is 3.76. The number of ether oxygens (including phenoxy) is 1. The summed E-state index contributed by atoms with van der Waals surface area (Å²) in [5.41, 5.74) is 3.16. The second-order valence-electron chi connectivity index (χ2n) is 8.91. The van der Waals surface area contributed by atoms with Gasteiger partial charge < -0.3 is 9.15 Å². The molecule has 1 heterocycles. The summed E-state index contributed by atoms with van der Waals surface area (Å²) in [6.45, 7) is 8.14. The summed E-state index contributed by atoms with van der Waals surface area (Å²) in [6.07, 6.45) is 0. The maximum absolute atomic E-state index is 14.3. The van der Waals surface area contributed by atoms with E-state index in [1.165, 1.54) is 12.1 Å². The maximum Gasteiger partial charge on any atom is 0.235 e. The zero-order chi connectivity index (χ0) is 23.0. The lowest BCUT2D eigenvalue weighted by Crippen LogP contribution is -2.12. The number of halogens is 2. The van der Waals surface area contributed by atoms with Crippen molar-refractivity contribution in [3.05, 3.63) is 98.4 Å². The van der Waals surface area contributed by atoms with E-state index >= 15 is 0 Å². The third-order valence-electron chi connectivity index (χ3n) is 5.44. The molecule has 1 aromatic heterocycles. The number of fused-ring (bicyclic) bond motifs is 1. The molecule has 0 N–H and O–H groups in total. The number of aryl methyl sites for hydroxylation is 1. The fourth-order valence-electron chi connectivity index (χ4n) is 3.54. The lowest BCUT2D eigenvalue weighted by Gasteiger charge is -2.19. The van der Waals surface area contributed by atoms with Gasteiger partial charge in [-0.15, -0.1) is 0 Å². The zero-order valence-electron chi connectivity index (χ0n) is 18.5. The Morgan fingerprint density at radius 1 is 1.03 bits per heavy atom. The van der Waals surface area contributed by atoms with Crippen molar-refractivity contribution < 1.29 is 13.5 Å². The highest BCUT2D eigenvalue weighted by atomic mass is 35.5. The van der Waals surface area contributed by atoms with Crippen LogP contribution in [-0.2, 0) is 12.0 Å². The van der Waals surface area contributed by atoms with E-state index in [0.29, 0.717) is 22.3 Å². The number of hydrogen-bond donors (Lipinski definition) is 0. The minimum atomic E-state index is -0.491. The molecule has 32 heavy (non-hydrogen) atoms. The SMILES string of the molecule is Cc1ccc2c(=O)c(OCc3c(F)cccc3Cl)c(-c3ccc(C(C)(C)C)cc3)oc2c1. The van der Waals surface area contributed by atoms with Crippen LogP contribution in [0.3, 0.4) is 0 Å². The topological polar surface area (TPSA) is 39.4 Å². The molecule has 5 heteroatoms. The van der Waals surface area contributed by atoms with Crippen LogP contribution >= 0.6 is 11.6 Å². The number of benzene rings is 3. The van der Waals surface area contributed by atoms with Crippen LogP contribution in [0.25, 0.3) is 22.3 Å². The van der Waals surface area contributed by atoms with Crippen LogP contribution in [0.1, 0.15) is 37.5 Å². The van der Waals surface area contributed by atoms with E-state index in [4.69, 9.17) is 20.8 Å². The Balaban J connectivity index is 1.85. The van der Waals surface area contributed by atoms with Gasteiger partial charge in [-0.1, -0.05) is 68.8 Å². The van der Waals surface area contributed by atoms with E-state index < -0.39 is 5.82 Å². The van der Waals surface area contributed by atoms with Crippen molar-refractivity contribution in [3.63, 3.8) is 0 Å². The largest absolute Gasteiger partial charge is 0.481 e. The van der Waals surface area contributed by atoms with Crippen LogP contribution in [0.5, 0.6) is 5.75 Å². The molecular formula is C27H24ClFO3. The van der Waals surface area contributed by atoms with E-state index in [9.17, 15) is 9.18 Å². The smallest absolute Gasteiger partial charge is 0.235 e. The lowest BCUT2D eigenvalue weighted by molar-refractivity contribution is 0.292. The molecule has 0 aliphatic carbocycles. The Hall–Kier alpha value is -3.11. The van der Waals surface area contributed by atoms with Gasteiger partial charge in [-0.25, -0.2) is 4.39 Å². The molecule has 3 aromatic carbocycles. The molecule has 0 aliphatic heterocycles. The van der Waals surface area contributed by atoms with Gasteiger partial charge in [0, 0.05) is 11.1 Å². The second kappa shape index (κ2) is 8.44. The van der Waals surface area contributed by atoms with Crippen molar-refractivity contribution in [2.75, 3.05) is 0 Å². The highest BCUT2D eigenvalue weighted by Crippen LogP contribution is 2.34. The molecule has 0 unspecified atom stereocenters. The summed E-state index contributed by atoms with van der Waals surface area (Å²) < 4.78 is 26.3. The first kappa shape index (κ1) is 22.1. The highest BCUT2D eigenvalue weighted by molar-refractivity contribution is 6.31. The zero-order valence-corrected chi connectivity index (χ0v) is 19.2. The predicted octanol–water partition coefficient (Wildman–Crippen LogP) is 7.44. The maximum atomic E-state index is 14.3. The normalized spacial score (nSPS) is 11.7. The Labute approximate surface area is 191 Å². The highest BCUT2D eigenvalue weighted by Gasteiger charge is 2.20. The molecular weight excluding hydrogens is 427 g/mol. The minimum absolute atomic E-state index is 0.0131. The summed E-state index contributed by atoms with van der Waals surface area (Å²) in [4.78, 5) is 13.3. The number of rotatable bonds is 4. The van der Waals surface area contributed by atoms with Gasteiger partial charge in [0.2, 0.25) is 11.2 Å². The van der Waals surface area contributed by atoms with Crippen LogP contribution < -0.4 is 10.2 Å². The van der Waals surface area contributed by atoms with Crippen molar-refractivity contribution >= 4 is 22.6 Å². The molecule has 4 rings (SSSR count). The third-order valence-corrected chi connectivity index (χ3v) is 5.80. The van der Waals surface area contributed by atoms with Gasteiger partial charge in [0.15, 0.2) is 5.76 Å². The summed E-state index contributed by atoms with van der Waals surface area (Å²) in [5, 5.41) is 0.641.